The molecule has 0 aromatic heterocycles. The first kappa shape index (κ1) is 28.9. The Bertz CT molecular complexity index is 810. The molecule has 0 aliphatic carbocycles. The normalized spacial score (nSPS) is 15.7. The summed E-state index contributed by atoms with van der Waals surface area (Å²) in [5.74, 6) is -0.209. The largest absolute Gasteiger partial charge is 0.392 e. The summed E-state index contributed by atoms with van der Waals surface area (Å²) in [5.41, 5.74) is 0.871. The molecule has 0 saturated carbocycles. The van der Waals surface area contributed by atoms with Crippen molar-refractivity contribution >= 4 is 11.8 Å². The molecular formula is C27H45N3O3. The van der Waals surface area contributed by atoms with E-state index in [1.807, 2.05) is 91.8 Å². The minimum atomic E-state index is -0.707. The Balaban J connectivity index is 3.25. The number of likely N-dealkylation sites (N-methyl/N-ethyl adjacent to an activating group) is 2. The maximum Gasteiger partial charge on any atom is 0.245 e. The molecule has 0 spiro atoms. The van der Waals surface area contributed by atoms with E-state index in [0.29, 0.717) is 0 Å². The lowest BCUT2D eigenvalue weighted by atomic mass is 9.76. The summed E-state index contributed by atoms with van der Waals surface area (Å²) in [7, 11) is 3.54. The fraction of sp³-hybridized carbons (Fsp3) is 0.630. The monoisotopic (exact) mass is 459 g/mol. The van der Waals surface area contributed by atoms with E-state index in [1.54, 1.807) is 19.0 Å². The van der Waals surface area contributed by atoms with Gasteiger partial charge in [-0.1, -0.05) is 90.4 Å². The van der Waals surface area contributed by atoms with E-state index in [-0.39, 0.29) is 30.4 Å². The molecule has 1 rings (SSSR count). The molecule has 0 saturated heterocycles. The van der Waals surface area contributed by atoms with Crippen LogP contribution in [0.4, 0.5) is 0 Å². The molecule has 1 aromatic carbocycles. The van der Waals surface area contributed by atoms with Crippen LogP contribution in [0.1, 0.15) is 61.0 Å². The highest BCUT2D eigenvalue weighted by atomic mass is 16.3. The second-order valence-corrected chi connectivity index (χ2v) is 11.0. The number of hydrogen-bond acceptors (Lipinski definition) is 4. The van der Waals surface area contributed by atoms with Gasteiger partial charge in [0.15, 0.2) is 0 Å². The Morgan fingerprint density at radius 1 is 1.06 bits per heavy atom. The third kappa shape index (κ3) is 7.41. The third-order valence-corrected chi connectivity index (χ3v) is 6.37. The second kappa shape index (κ2) is 11.8. The van der Waals surface area contributed by atoms with Crippen molar-refractivity contribution in [2.45, 2.75) is 78.9 Å². The highest BCUT2D eigenvalue weighted by molar-refractivity contribution is 5.91. The zero-order chi connectivity index (χ0) is 25.6. The molecule has 186 valence electrons. The Labute approximate surface area is 200 Å². The SMILES string of the molecule is CN[C@H](C(=O)NC(C(=O)N(C)[C@H](/C=C(\C)CO)C(C)C)C(C)(C)C)C(C)(C)c1ccccc1. The standard InChI is InChI=1S/C27H45N3O3/c1-18(2)21(16-19(3)17-31)30(10)25(33)23(26(4,5)6)29-24(32)22(28-9)27(7,8)20-14-12-11-13-15-20/h11-16,18,21-23,28,31H,17H2,1-10H3,(H,29,32)/b19-16+/t21-,22-,23?/m1/s1. The molecular weight excluding hydrogens is 414 g/mol. The van der Waals surface area contributed by atoms with Gasteiger partial charge in [0.2, 0.25) is 11.8 Å². The molecule has 0 radical (unpaired) electrons. The Morgan fingerprint density at radius 3 is 2.03 bits per heavy atom. The van der Waals surface area contributed by atoms with Crippen molar-refractivity contribution in [2.75, 3.05) is 20.7 Å². The molecule has 0 heterocycles. The number of carbonyl (C=O) groups is 2. The van der Waals surface area contributed by atoms with Crippen molar-refractivity contribution in [3.63, 3.8) is 0 Å². The van der Waals surface area contributed by atoms with Crippen LogP contribution in [0, 0.1) is 11.3 Å². The fourth-order valence-corrected chi connectivity index (χ4v) is 4.17. The Hall–Kier alpha value is -2.18. The van der Waals surface area contributed by atoms with Crippen LogP contribution >= 0.6 is 0 Å². The van der Waals surface area contributed by atoms with Crippen LogP contribution in [0.15, 0.2) is 42.0 Å². The molecule has 0 aliphatic rings. The molecule has 1 unspecified atom stereocenters. The van der Waals surface area contributed by atoms with Crippen molar-refractivity contribution in [1.29, 1.82) is 0 Å². The van der Waals surface area contributed by atoms with Gasteiger partial charge in [-0.2, -0.15) is 0 Å². The maximum atomic E-state index is 13.7. The minimum absolute atomic E-state index is 0.0525. The lowest BCUT2D eigenvalue weighted by molar-refractivity contribution is -0.140. The van der Waals surface area contributed by atoms with Crippen molar-refractivity contribution in [2.24, 2.45) is 11.3 Å². The van der Waals surface area contributed by atoms with Gasteiger partial charge < -0.3 is 20.6 Å². The van der Waals surface area contributed by atoms with Crippen LogP contribution in [-0.4, -0.2) is 60.6 Å². The van der Waals surface area contributed by atoms with Gasteiger partial charge in [-0.3, -0.25) is 9.59 Å². The summed E-state index contributed by atoms with van der Waals surface area (Å²) < 4.78 is 0. The van der Waals surface area contributed by atoms with Crippen molar-refractivity contribution < 1.29 is 14.7 Å². The Morgan fingerprint density at radius 2 is 1.61 bits per heavy atom. The quantitative estimate of drug-likeness (QED) is 0.468. The molecule has 0 fully saturated rings. The highest BCUT2D eigenvalue weighted by Crippen LogP contribution is 2.29. The van der Waals surface area contributed by atoms with Gasteiger partial charge in [0.25, 0.3) is 0 Å². The molecule has 2 amide bonds. The minimum Gasteiger partial charge on any atom is -0.392 e. The van der Waals surface area contributed by atoms with E-state index in [2.05, 4.69) is 10.6 Å². The first-order chi connectivity index (χ1) is 15.2. The number of nitrogens with zero attached hydrogens (tertiary/aromatic N) is 1. The van der Waals surface area contributed by atoms with Crippen LogP contribution in [0.2, 0.25) is 0 Å². The van der Waals surface area contributed by atoms with E-state index >= 15 is 0 Å². The van der Waals surface area contributed by atoms with E-state index in [9.17, 15) is 14.7 Å². The number of hydrogen-bond donors (Lipinski definition) is 3. The van der Waals surface area contributed by atoms with Crippen molar-refractivity contribution in [3.05, 3.63) is 47.5 Å². The number of carbonyl (C=O) groups excluding carboxylic acids is 2. The number of aliphatic hydroxyl groups is 1. The van der Waals surface area contributed by atoms with Gasteiger partial charge in [0, 0.05) is 12.5 Å². The fourth-order valence-electron chi connectivity index (χ4n) is 4.17. The number of benzene rings is 1. The molecule has 0 aliphatic heterocycles. The second-order valence-electron chi connectivity index (χ2n) is 11.0. The predicted molar refractivity (Wildman–Crippen MR) is 136 cm³/mol. The maximum absolute atomic E-state index is 13.7. The molecule has 3 atom stereocenters. The first-order valence-corrected chi connectivity index (χ1v) is 11.8. The van der Waals surface area contributed by atoms with E-state index in [1.165, 1.54) is 0 Å². The summed E-state index contributed by atoms with van der Waals surface area (Å²) in [4.78, 5) is 28.9. The van der Waals surface area contributed by atoms with E-state index < -0.39 is 22.9 Å². The van der Waals surface area contributed by atoms with Gasteiger partial charge >= 0.3 is 0 Å². The zero-order valence-electron chi connectivity index (χ0n) is 22.2. The lowest BCUT2D eigenvalue weighted by Gasteiger charge is -2.40. The van der Waals surface area contributed by atoms with Crippen molar-refractivity contribution in [3.8, 4) is 0 Å². The highest BCUT2D eigenvalue weighted by Gasteiger charge is 2.41. The third-order valence-electron chi connectivity index (χ3n) is 6.37. The smallest absolute Gasteiger partial charge is 0.245 e. The van der Waals surface area contributed by atoms with Gasteiger partial charge in [0.05, 0.1) is 18.7 Å². The van der Waals surface area contributed by atoms with Crippen LogP contribution in [0.5, 0.6) is 0 Å². The average Bonchev–Trinajstić information content (AvgIpc) is 2.74. The predicted octanol–water partition coefficient (Wildman–Crippen LogP) is 3.50. The number of rotatable bonds is 10. The van der Waals surface area contributed by atoms with Crippen LogP contribution in [-0.2, 0) is 15.0 Å². The van der Waals surface area contributed by atoms with Crippen LogP contribution in [0.3, 0.4) is 0 Å². The summed E-state index contributed by atoms with van der Waals surface area (Å²) in [6.07, 6.45) is 1.93. The molecule has 0 bridgehead atoms. The zero-order valence-corrected chi connectivity index (χ0v) is 22.2. The van der Waals surface area contributed by atoms with Gasteiger partial charge in [-0.25, -0.2) is 0 Å². The van der Waals surface area contributed by atoms with E-state index in [4.69, 9.17) is 0 Å². The molecule has 1 aromatic rings. The summed E-state index contributed by atoms with van der Waals surface area (Å²) in [5, 5.41) is 15.7. The summed E-state index contributed by atoms with van der Waals surface area (Å²) in [6.45, 7) is 15.8. The summed E-state index contributed by atoms with van der Waals surface area (Å²) in [6, 6.07) is 8.49. The Kier molecular flexibility index (Phi) is 10.3. The van der Waals surface area contributed by atoms with Gasteiger partial charge in [-0.05, 0) is 30.9 Å². The molecule has 33 heavy (non-hydrogen) atoms. The summed E-state index contributed by atoms with van der Waals surface area (Å²) >= 11 is 0. The molecule has 6 heteroatoms. The number of amides is 2. The van der Waals surface area contributed by atoms with E-state index in [0.717, 1.165) is 11.1 Å². The van der Waals surface area contributed by atoms with Gasteiger partial charge in [0.1, 0.15) is 6.04 Å². The molecule has 6 nitrogen and oxygen atoms in total. The average molecular weight is 460 g/mol. The van der Waals surface area contributed by atoms with Crippen molar-refractivity contribution in [1.82, 2.24) is 15.5 Å². The first-order valence-electron chi connectivity index (χ1n) is 11.8. The number of nitrogens with one attached hydrogen (secondary N) is 2. The number of aliphatic hydroxyl groups excluding tert-OH is 1. The van der Waals surface area contributed by atoms with Gasteiger partial charge in [-0.15, -0.1) is 0 Å². The lowest BCUT2D eigenvalue weighted by Crippen LogP contribution is -2.61. The molecule has 3 N–H and O–H groups in total. The van der Waals surface area contributed by atoms with Crippen LogP contribution < -0.4 is 10.6 Å². The van der Waals surface area contributed by atoms with Crippen LogP contribution in [0.25, 0.3) is 0 Å². The topological polar surface area (TPSA) is 81.7 Å².